The molecule has 3 nitrogen and oxygen atoms in total. The molecular formula is C16H13IN2OS. The molecule has 106 valence electrons. The normalized spacial score (nSPS) is 11.0. The Morgan fingerprint density at radius 3 is 2.43 bits per heavy atom. The third-order valence-corrected chi connectivity index (χ3v) is 4.28. The Hall–Kier alpha value is -1.47. The van der Waals surface area contributed by atoms with Crippen LogP contribution in [0.3, 0.4) is 0 Å². The fourth-order valence-electron chi connectivity index (χ4n) is 2.50. The van der Waals surface area contributed by atoms with Crippen molar-refractivity contribution < 1.29 is 0 Å². The number of fused-ring (bicyclic) bond motifs is 1. The predicted octanol–water partition coefficient (Wildman–Crippen LogP) is 4.27. The summed E-state index contributed by atoms with van der Waals surface area (Å²) in [6.45, 7) is 4.02. The Kier molecular flexibility index (Phi) is 3.71. The van der Waals surface area contributed by atoms with Crippen LogP contribution in [0.1, 0.15) is 11.1 Å². The number of hydrogen-bond acceptors (Lipinski definition) is 2. The number of nitrogens with one attached hydrogen (secondary N) is 1. The third kappa shape index (κ3) is 2.67. The van der Waals surface area contributed by atoms with Crippen molar-refractivity contribution in [3.8, 4) is 5.69 Å². The Morgan fingerprint density at radius 2 is 1.76 bits per heavy atom. The summed E-state index contributed by atoms with van der Waals surface area (Å²) in [5, 5.41) is 0.648. The second-order valence-electron chi connectivity index (χ2n) is 5.11. The molecule has 0 saturated carbocycles. The number of aromatic amines is 1. The number of halogens is 1. The van der Waals surface area contributed by atoms with Gasteiger partial charge in [-0.05, 0) is 90.1 Å². The molecule has 1 heterocycles. The fraction of sp³-hybridized carbons (Fsp3) is 0.125. The van der Waals surface area contributed by atoms with Gasteiger partial charge in [-0.15, -0.1) is 0 Å². The van der Waals surface area contributed by atoms with Gasteiger partial charge in [0.1, 0.15) is 0 Å². The third-order valence-electron chi connectivity index (χ3n) is 3.32. The second kappa shape index (κ2) is 5.38. The topological polar surface area (TPSA) is 37.8 Å². The summed E-state index contributed by atoms with van der Waals surface area (Å²) >= 11 is 7.58. The lowest BCUT2D eigenvalue weighted by Gasteiger charge is -2.10. The minimum absolute atomic E-state index is 0.0859. The molecule has 5 heteroatoms. The molecule has 1 N–H and O–H groups in total. The molecule has 3 aromatic rings. The van der Waals surface area contributed by atoms with Crippen LogP contribution >= 0.6 is 34.8 Å². The predicted molar refractivity (Wildman–Crippen MR) is 96.9 cm³/mol. The molecule has 2 aromatic carbocycles. The van der Waals surface area contributed by atoms with Crippen LogP contribution < -0.4 is 5.56 Å². The van der Waals surface area contributed by atoms with E-state index < -0.39 is 0 Å². The van der Waals surface area contributed by atoms with Crippen molar-refractivity contribution in [3.05, 3.63) is 66.2 Å². The van der Waals surface area contributed by atoms with E-state index in [4.69, 9.17) is 12.2 Å². The van der Waals surface area contributed by atoms with Gasteiger partial charge in [0.05, 0.1) is 16.6 Å². The highest BCUT2D eigenvalue weighted by molar-refractivity contribution is 14.1. The lowest BCUT2D eigenvalue weighted by molar-refractivity contribution is 0.936. The van der Waals surface area contributed by atoms with Gasteiger partial charge in [-0.25, -0.2) is 0 Å². The highest BCUT2D eigenvalue weighted by atomic mass is 127. The zero-order valence-electron chi connectivity index (χ0n) is 11.6. The molecule has 3 rings (SSSR count). The van der Waals surface area contributed by atoms with E-state index in [9.17, 15) is 4.79 Å². The van der Waals surface area contributed by atoms with E-state index >= 15 is 0 Å². The molecule has 0 aliphatic heterocycles. The second-order valence-corrected chi connectivity index (χ2v) is 6.74. The SMILES string of the molecule is Cc1cc(C)cc(-n2c(=S)[nH]c3ccc(I)cc3c2=O)c1. The number of nitrogens with zero attached hydrogens (tertiary/aromatic N) is 1. The van der Waals surface area contributed by atoms with E-state index in [-0.39, 0.29) is 5.56 Å². The molecule has 0 radical (unpaired) electrons. The average molecular weight is 408 g/mol. The number of rotatable bonds is 1. The van der Waals surface area contributed by atoms with Crippen molar-refractivity contribution in [1.29, 1.82) is 0 Å². The number of hydrogen-bond donors (Lipinski definition) is 1. The summed E-state index contributed by atoms with van der Waals surface area (Å²) < 4.78 is 3.00. The molecular weight excluding hydrogens is 395 g/mol. The maximum Gasteiger partial charge on any atom is 0.266 e. The van der Waals surface area contributed by atoms with Crippen LogP contribution in [0.25, 0.3) is 16.6 Å². The molecule has 0 spiro atoms. The van der Waals surface area contributed by atoms with Gasteiger partial charge >= 0.3 is 0 Å². The van der Waals surface area contributed by atoms with Crippen LogP contribution in [0.2, 0.25) is 0 Å². The Bertz CT molecular complexity index is 952. The first kappa shape index (κ1) is 14.5. The van der Waals surface area contributed by atoms with E-state index in [1.165, 1.54) is 0 Å². The first-order valence-corrected chi connectivity index (χ1v) is 7.98. The van der Waals surface area contributed by atoms with Gasteiger partial charge in [-0.3, -0.25) is 9.36 Å². The van der Waals surface area contributed by atoms with Crippen LogP contribution in [0.15, 0.2) is 41.2 Å². The molecule has 0 amide bonds. The maximum absolute atomic E-state index is 12.8. The zero-order valence-corrected chi connectivity index (χ0v) is 14.6. The van der Waals surface area contributed by atoms with Gasteiger partial charge in [0, 0.05) is 3.57 Å². The highest BCUT2D eigenvalue weighted by Gasteiger charge is 2.08. The molecule has 0 aliphatic rings. The van der Waals surface area contributed by atoms with E-state index in [0.717, 1.165) is 25.9 Å². The quantitative estimate of drug-likeness (QED) is 0.483. The minimum Gasteiger partial charge on any atom is -0.331 e. The van der Waals surface area contributed by atoms with Crippen molar-refractivity contribution in [3.63, 3.8) is 0 Å². The van der Waals surface area contributed by atoms with Crippen LogP contribution in [0, 0.1) is 22.2 Å². The van der Waals surface area contributed by atoms with Crippen molar-refractivity contribution in [2.24, 2.45) is 0 Å². The number of aryl methyl sites for hydroxylation is 2. The summed E-state index contributed by atoms with van der Waals surface area (Å²) in [5.41, 5.74) is 3.70. The Morgan fingerprint density at radius 1 is 1.10 bits per heavy atom. The van der Waals surface area contributed by atoms with E-state index in [1.807, 2.05) is 44.2 Å². The van der Waals surface area contributed by atoms with E-state index in [2.05, 4.69) is 33.6 Å². The van der Waals surface area contributed by atoms with Gasteiger partial charge in [-0.1, -0.05) is 6.07 Å². The number of H-pyrrole nitrogens is 1. The zero-order chi connectivity index (χ0) is 15.1. The van der Waals surface area contributed by atoms with Gasteiger partial charge in [-0.2, -0.15) is 0 Å². The number of benzene rings is 2. The van der Waals surface area contributed by atoms with Gasteiger partial charge in [0.2, 0.25) is 0 Å². The van der Waals surface area contributed by atoms with Crippen LogP contribution in [-0.2, 0) is 0 Å². The van der Waals surface area contributed by atoms with Crippen molar-refractivity contribution in [2.45, 2.75) is 13.8 Å². The molecule has 0 unspecified atom stereocenters. The first-order valence-electron chi connectivity index (χ1n) is 6.49. The van der Waals surface area contributed by atoms with Gasteiger partial charge < -0.3 is 4.98 Å². The molecule has 21 heavy (non-hydrogen) atoms. The van der Waals surface area contributed by atoms with E-state index in [0.29, 0.717) is 10.2 Å². The minimum atomic E-state index is -0.0859. The van der Waals surface area contributed by atoms with Crippen molar-refractivity contribution in [2.75, 3.05) is 0 Å². The van der Waals surface area contributed by atoms with Crippen LogP contribution in [0.5, 0.6) is 0 Å². The summed E-state index contributed by atoms with van der Waals surface area (Å²) in [6.07, 6.45) is 0. The van der Waals surface area contributed by atoms with Crippen molar-refractivity contribution >= 4 is 45.7 Å². The van der Waals surface area contributed by atoms with Crippen LogP contribution in [-0.4, -0.2) is 9.55 Å². The van der Waals surface area contributed by atoms with E-state index in [1.54, 1.807) is 4.57 Å². The average Bonchev–Trinajstić information content (AvgIpc) is 2.39. The Balaban J connectivity index is 2.42. The Labute approximate surface area is 140 Å². The molecule has 0 atom stereocenters. The first-order chi connectivity index (χ1) is 9.95. The monoisotopic (exact) mass is 408 g/mol. The smallest absolute Gasteiger partial charge is 0.266 e. The van der Waals surface area contributed by atoms with Crippen molar-refractivity contribution in [1.82, 2.24) is 9.55 Å². The number of aromatic nitrogens is 2. The standard InChI is InChI=1S/C16H13IN2OS/c1-9-5-10(2)7-12(6-9)19-15(20)13-8-11(17)3-4-14(13)18-16(19)21/h3-8H,1-2H3,(H,18,21). The summed E-state index contributed by atoms with van der Waals surface area (Å²) in [5.74, 6) is 0. The van der Waals surface area contributed by atoms with Crippen LogP contribution in [0.4, 0.5) is 0 Å². The summed E-state index contributed by atoms with van der Waals surface area (Å²) in [7, 11) is 0. The molecule has 1 aromatic heterocycles. The largest absolute Gasteiger partial charge is 0.331 e. The molecule has 0 saturated heterocycles. The summed E-state index contributed by atoms with van der Waals surface area (Å²) in [6, 6.07) is 11.7. The highest BCUT2D eigenvalue weighted by Crippen LogP contribution is 2.16. The van der Waals surface area contributed by atoms with Gasteiger partial charge in [0.25, 0.3) is 5.56 Å². The molecule has 0 fully saturated rings. The maximum atomic E-state index is 12.8. The summed E-state index contributed by atoms with van der Waals surface area (Å²) in [4.78, 5) is 15.9. The molecule has 0 aliphatic carbocycles. The lowest BCUT2D eigenvalue weighted by atomic mass is 10.1. The lowest BCUT2D eigenvalue weighted by Crippen LogP contribution is -2.20. The fourth-order valence-corrected chi connectivity index (χ4v) is 3.29. The molecule has 0 bridgehead atoms. The van der Waals surface area contributed by atoms with Gasteiger partial charge in [0.15, 0.2) is 4.77 Å².